The molecular weight excluding hydrogens is 234 g/mol. The number of non-ortho nitro benzene ring substituents is 1. The van der Waals surface area contributed by atoms with Crippen LogP contribution in [0.3, 0.4) is 0 Å². The minimum absolute atomic E-state index is 0.00707. The largest absolute Gasteiger partial charge is 0.380 e. The summed E-state index contributed by atoms with van der Waals surface area (Å²) in [6, 6.07) is 5.74. The third-order valence-corrected chi connectivity index (χ3v) is 2.37. The molecule has 1 aromatic heterocycles. The minimum Gasteiger partial charge on any atom is -0.380 e. The number of rotatable bonds is 2. The van der Waals surface area contributed by atoms with Gasteiger partial charge in [-0.25, -0.2) is 0 Å². The Morgan fingerprint density at radius 1 is 1.38 bits per heavy atom. The number of nitrogen functional groups attached to an aromatic ring is 1. The zero-order valence-corrected chi connectivity index (χ0v) is 8.64. The van der Waals surface area contributed by atoms with Crippen LogP contribution in [-0.4, -0.2) is 10.1 Å². The van der Waals surface area contributed by atoms with Crippen LogP contribution in [0, 0.1) is 10.1 Å². The van der Waals surface area contributed by atoms with E-state index in [2.05, 4.69) is 5.16 Å². The van der Waals surface area contributed by atoms with Crippen molar-refractivity contribution in [2.24, 2.45) is 0 Å². The Balaban J connectivity index is 2.42. The fraction of sp³-hybridized carbons (Fsp3) is 0. The Bertz CT molecular complexity index is 535. The van der Waals surface area contributed by atoms with Crippen molar-refractivity contribution in [3.05, 3.63) is 39.4 Å². The number of hydrogen-bond donors (Lipinski definition) is 1. The molecule has 0 unspecified atom stereocenters. The Morgan fingerprint density at radius 2 is 2.00 bits per heavy atom. The van der Waals surface area contributed by atoms with Crippen molar-refractivity contribution >= 4 is 23.1 Å². The van der Waals surface area contributed by atoms with E-state index in [0.29, 0.717) is 11.3 Å². The van der Waals surface area contributed by atoms with E-state index in [4.69, 9.17) is 21.9 Å². The number of nitrogens with two attached hydrogens (primary N) is 1. The van der Waals surface area contributed by atoms with Crippen LogP contribution in [0.25, 0.3) is 11.3 Å². The van der Waals surface area contributed by atoms with Crippen molar-refractivity contribution in [3.8, 4) is 11.3 Å². The van der Waals surface area contributed by atoms with Gasteiger partial charge < -0.3 is 10.3 Å². The van der Waals surface area contributed by atoms with E-state index < -0.39 is 4.92 Å². The summed E-state index contributed by atoms with van der Waals surface area (Å²) in [5, 5.41) is 14.1. The fourth-order valence-corrected chi connectivity index (χ4v) is 1.38. The van der Waals surface area contributed by atoms with E-state index in [1.807, 2.05) is 0 Å². The predicted molar refractivity (Wildman–Crippen MR) is 58.0 cm³/mol. The van der Waals surface area contributed by atoms with Crippen molar-refractivity contribution in [2.45, 2.75) is 0 Å². The average Bonchev–Trinajstić information content (AvgIpc) is 2.60. The van der Waals surface area contributed by atoms with Crippen molar-refractivity contribution in [2.75, 3.05) is 5.73 Å². The van der Waals surface area contributed by atoms with E-state index in [0.717, 1.165) is 0 Å². The van der Waals surface area contributed by atoms with Gasteiger partial charge in [-0.2, -0.15) is 0 Å². The summed E-state index contributed by atoms with van der Waals surface area (Å²) in [6.07, 6.45) is 0. The van der Waals surface area contributed by atoms with Gasteiger partial charge in [-0.05, 0) is 12.1 Å². The van der Waals surface area contributed by atoms with Crippen LogP contribution >= 0.6 is 11.6 Å². The van der Waals surface area contributed by atoms with Crippen molar-refractivity contribution in [1.29, 1.82) is 0 Å². The summed E-state index contributed by atoms with van der Waals surface area (Å²) in [4.78, 5) is 9.96. The van der Waals surface area contributed by atoms with Gasteiger partial charge in [0.05, 0.1) is 4.92 Å². The lowest BCUT2D eigenvalue weighted by Crippen LogP contribution is -1.87. The van der Waals surface area contributed by atoms with Crippen molar-refractivity contribution < 1.29 is 9.45 Å². The average molecular weight is 240 g/mol. The number of nitrogens with zero attached hydrogens (tertiary/aromatic N) is 2. The Kier molecular flexibility index (Phi) is 2.49. The molecule has 0 radical (unpaired) electrons. The minimum atomic E-state index is -0.486. The molecule has 16 heavy (non-hydrogen) atoms. The lowest BCUT2D eigenvalue weighted by Gasteiger charge is -1.95. The second-order valence-electron chi connectivity index (χ2n) is 3.01. The molecule has 0 atom stereocenters. The second-order valence-corrected chi connectivity index (χ2v) is 3.39. The van der Waals surface area contributed by atoms with E-state index in [1.54, 1.807) is 0 Å². The number of aromatic nitrogens is 1. The number of anilines is 1. The monoisotopic (exact) mass is 239 g/mol. The topological polar surface area (TPSA) is 95.2 Å². The highest BCUT2D eigenvalue weighted by molar-refractivity contribution is 6.35. The number of hydrogen-bond acceptors (Lipinski definition) is 5. The van der Waals surface area contributed by atoms with Crippen LogP contribution in [0.4, 0.5) is 11.5 Å². The molecule has 0 saturated heterocycles. The van der Waals surface area contributed by atoms with Crippen LogP contribution < -0.4 is 5.73 Å². The molecular formula is C9H6ClN3O3. The number of benzene rings is 1. The van der Waals surface area contributed by atoms with E-state index in [-0.39, 0.29) is 16.5 Å². The van der Waals surface area contributed by atoms with Gasteiger partial charge in [0.1, 0.15) is 5.02 Å². The third kappa shape index (κ3) is 1.70. The highest BCUT2D eigenvalue weighted by Gasteiger charge is 2.14. The zero-order valence-electron chi connectivity index (χ0n) is 7.88. The molecule has 0 aliphatic heterocycles. The second kappa shape index (κ2) is 3.82. The molecule has 6 nitrogen and oxygen atoms in total. The first kappa shape index (κ1) is 10.4. The normalized spacial score (nSPS) is 10.3. The summed E-state index contributed by atoms with van der Waals surface area (Å²) >= 11 is 5.83. The predicted octanol–water partition coefficient (Wildman–Crippen LogP) is 2.49. The van der Waals surface area contributed by atoms with E-state index in [9.17, 15) is 10.1 Å². The molecule has 2 N–H and O–H groups in total. The van der Waals surface area contributed by atoms with Gasteiger partial charge in [0.25, 0.3) is 5.69 Å². The molecule has 0 fully saturated rings. The van der Waals surface area contributed by atoms with Gasteiger partial charge in [0.15, 0.2) is 11.6 Å². The summed E-state index contributed by atoms with van der Waals surface area (Å²) < 4.78 is 4.90. The fourth-order valence-electron chi connectivity index (χ4n) is 1.21. The van der Waals surface area contributed by atoms with E-state index in [1.165, 1.54) is 24.3 Å². The summed E-state index contributed by atoms with van der Waals surface area (Å²) in [7, 11) is 0. The molecule has 82 valence electrons. The molecule has 0 amide bonds. The third-order valence-electron chi connectivity index (χ3n) is 2.00. The molecule has 0 aliphatic rings. The molecule has 1 heterocycles. The SMILES string of the molecule is Nc1noc(-c2ccc([N+](=O)[O-])cc2)c1Cl. The van der Waals surface area contributed by atoms with Gasteiger partial charge in [-0.15, -0.1) is 0 Å². The Morgan fingerprint density at radius 3 is 2.44 bits per heavy atom. The smallest absolute Gasteiger partial charge is 0.269 e. The first-order valence-corrected chi connectivity index (χ1v) is 4.63. The lowest BCUT2D eigenvalue weighted by atomic mass is 10.1. The summed E-state index contributed by atoms with van der Waals surface area (Å²) in [5.74, 6) is 0.393. The highest BCUT2D eigenvalue weighted by Crippen LogP contribution is 2.32. The van der Waals surface area contributed by atoms with Crippen molar-refractivity contribution in [1.82, 2.24) is 5.16 Å². The first-order chi connectivity index (χ1) is 7.59. The van der Waals surface area contributed by atoms with Gasteiger partial charge in [-0.1, -0.05) is 16.8 Å². The molecule has 1 aromatic carbocycles. The molecule has 0 aliphatic carbocycles. The Labute approximate surface area is 94.7 Å². The van der Waals surface area contributed by atoms with E-state index >= 15 is 0 Å². The highest BCUT2D eigenvalue weighted by atomic mass is 35.5. The van der Waals surface area contributed by atoms with Crippen LogP contribution in [-0.2, 0) is 0 Å². The summed E-state index contributed by atoms with van der Waals surface area (Å²) in [5.41, 5.74) is 5.99. The molecule has 2 aromatic rings. The van der Waals surface area contributed by atoms with Crippen LogP contribution in [0.2, 0.25) is 5.02 Å². The van der Waals surface area contributed by atoms with Gasteiger partial charge >= 0.3 is 0 Å². The molecule has 2 rings (SSSR count). The van der Waals surface area contributed by atoms with Crippen molar-refractivity contribution in [3.63, 3.8) is 0 Å². The standard InChI is InChI=1S/C9H6ClN3O3/c10-7-8(16-12-9(7)11)5-1-3-6(4-2-5)13(14)15/h1-4H,(H2,11,12). The first-order valence-electron chi connectivity index (χ1n) is 4.25. The number of nitro groups is 1. The van der Waals surface area contributed by atoms with Gasteiger partial charge in [-0.3, -0.25) is 10.1 Å². The maximum absolute atomic E-state index is 10.4. The van der Waals surface area contributed by atoms with Gasteiger partial charge in [0.2, 0.25) is 0 Å². The molecule has 7 heteroatoms. The van der Waals surface area contributed by atoms with Crippen LogP contribution in [0.5, 0.6) is 0 Å². The lowest BCUT2D eigenvalue weighted by molar-refractivity contribution is -0.384. The van der Waals surface area contributed by atoms with Gasteiger partial charge in [0, 0.05) is 17.7 Å². The van der Waals surface area contributed by atoms with Crippen LogP contribution in [0.15, 0.2) is 28.8 Å². The quantitative estimate of drug-likeness (QED) is 0.642. The molecule has 0 spiro atoms. The number of nitro benzene ring substituents is 1. The molecule has 0 bridgehead atoms. The molecule has 0 saturated carbocycles. The Hall–Kier alpha value is -2.08. The summed E-state index contributed by atoms with van der Waals surface area (Å²) in [6.45, 7) is 0. The maximum Gasteiger partial charge on any atom is 0.269 e. The maximum atomic E-state index is 10.4. The van der Waals surface area contributed by atoms with Crippen LogP contribution in [0.1, 0.15) is 0 Å². The zero-order chi connectivity index (χ0) is 11.7. The number of halogens is 1.